The Labute approximate surface area is 108 Å². The molecular weight excluding hydrogens is 226 g/mol. The van der Waals surface area contributed by atoms with Gasteiger partial charge in [-0.05, 0) is 25.5 Å². The maximum Gasteiger partial charge on any atom is 0.202 e. The molecule has 18 heavy (non-hydrogen) atoms. The van der Waals surface area contributed by atoms with Crippen molar-refractivity contribution < 1.29 is 4.74 Å². The number of imidazole rings is 1. The highest BCUT2D eigenvalue weighted by Crippen LogP contribution is 2.09. The molecule has 2 aromatic rings. The first-order valence-corrected chi connectivity index (χ1v) is 6.33. The van der Waals surface area contributed by atoms with E-state index >= 15 is 0 Å². The van der Waals surface area contributed by atoms with Crippen molar-refractivity contribution in [2.75, 3.05) is 18.5 Å². The Morgan fingerprint density at radius 1 is 1.28 bits per heavy atom. The highest BCUT2D eigenvalue weighted by atomic mass is 16.5. The van der Waals surface area contributed by atoms with Crippen molar-refractivity contribution in [1.29, 1.82) is 0 Å². The summed E-state index contributed by atoms with van der Waals surface area (Å²) < 4.78 is 7.76. The number of rotatable bonds is 7. The zero-order chi connectivity index (χ0) is 12.6. The van der Waals surface area contributed by atoms with E-state index in [0.717, 1.165) is 31.2 Å². The van der Waals surface area contributed by atoms with Gasteiger partial charge < -0.3 is 14.6 Å². The number of aromatic nitrogens is 2. The Morgan fingerprint density at radius 3 is 2.89 bits per heavy atom. The Bertz CT molecular complexity index is 453. The summed E-state index contributed by atoms with van der Waals surface area (Å²) in [5, 5.41) is 3.23. The number of hydrogen-bond acceptors (Lipinski definition) is 3. The van der Waals surface area contributed by atoms with Gasteiger partial charge in [0.05, 0.1) is 6.61 Å². The molecule has 1 aromatic carbocycles. The van der Waals surface area contributed by atoms with Crippen molar-refractivity contribution in [3.8, 4) is 5.75 Å². The molecule has 1 heterocycles. The van der Waals surface area contributed by atoms with Gasteiger partial charge in [0.25, 0.3) is 0 Å². The Kier molecular flexibility index (Phi) is 4.64. The average Bonchev–Trinajstić information content (AvgIpc) is 2.84. The topological polar surface area (TPSA) is 39.1 Å². The predicted molar refractivity (Wildman–Crippen MR) is 72.9 cm³/mol. The van der Waals surface area contributed by atoms with E-state index in [-0.39, 0.29) is 0 Å². The zero-order valence-electron chi connectivity index (χ0n) is 10.7. The number of anilines is 1. The monoisotopic (exact) mass is 245 g/mol. The van der Waals surface area contributed by atoms with Gasteiger partial charge in [0.15, 0.2) is 0 Å². The summed E-state index contributed by atoms with van der Waals surface area (Å²) in [4.78, 5) is 4.25. The van der Waals surface area contributed by atoms with Crippen LogP contribution in [0.1, 0.15) is 13.3 Å². The van der Waals surface area contributed by atoms with E-state index in [1.54, 1.807) is 0 Å². The fraction of sp³-hybridized carbons (Fsp3) is 0.357. The van der Waals surface area contributed by atoms with Crippen LogP contribution in [0.4, 0.5) is 5.95 Å². The first-order valence-electron chi connectivity index (χ1n) is 6.33. The van der Waals surface area contributed by atoms with E-state index in [1.807, 2.05) is 42.7 Å². The molecular formula is C14H19N3O. The smallest absolute Gasteiger partial charge is 0.202 e. The van der Waals surface area contributed by atoms with Crippen molar-refractivity contribution in [1.82, 2.24) is 9.55 Å². The number of nitrogens with one attached hydrogen (secondary N) is 1. The number of para-hydroxylation sites is 1. The van der Waals surface area contributed by atoms with E-state index in [2.05, 4.69) is 21.8 Å². The van der Waals surface area contributed by atoms with Gasteiger partial charge in [0.2, 0.25) is 5.95 Å². The van der Waals surface area contributed by atoms with Crippen LogP contribution in [0.2, 0.25) is 0 Å². The SMILES string of the molecule is CCNc1nccn1CCCOc1ccccc1. The quantitative estimate of drug-likeness (QED) is 0.762. The minimum absolute atomic E-state index is 0.716. The van der Waals surface area contributed by atoms with Gasteiger partial charge in [-0.1, -0.05) is 18.2 Å². The zero-order valence-corrected chi connectivity index (χ0v) is 10.7. The lowest BCUT2D eigenvalue weighted by molar-refractivity contribution is 0.302. The molecule has 1 N–H and O–H groups in total. The van der Waals surface area contributed by atoms with Gasteiger partial charge in [-0.2, -0.15) is 0 Å². The van der Waals surface area contributed by atoms with Crippen LogP contribution >= 0.6 is 0 Å². The molecule has 0 amide bonds. The lowest BCUT2D eigenvalue weighted by Gasteiger charge is -2.09. The van der Waals surface area contributed by atoms with Gasteiger partial charge in [-0.15, -0.1) is 0 Å². The third-order valence-electron chi connectivity index (χ3n) is 2.61. The van der Waals surface area contributed by atoms with Crippen molar-refractivity contribution in [3.63, 3.8) is 0 Å². The first-order chi connectivity index (χ1) is 8.90. The molecule has 0 unspecified atom stereocenters. The second-order valence-corrected chi connectivity index (χ2v) is 3.99. The molecule has 0 saturated carbocycles. The van der Waals surface area contributed by atoms with Gasteiger partial charge in [0.1, 0.15) is 5.75 Å². The van der Waals surface area contributed by atoms with Crippen LogP contribution in [0.3, 0.4) is 0 Å². The van der Waals surface area contributed by atoms with Crippen LogP contribution < -0.4 is 10.1 Å². The molecule has 0 bridgehead atoms. The van der Waals surface area contributed by atoms with Gasteiger partial charge >= 0.3 is 0 Å². The van der Waals surface area contributed by atoms with Crippen LogP contribution in [-0.4, -0.2) is 22.7 Å². The molecule has 96 valence electrons. The minimum atomic E-state index is 0.716. The van der Waals surface area contributed by atoms with Gasteiger partial charge in [-0.25, -0.2) is 4.98 Å². The van der Waals surface area contributed by atoms with Crippen molar-refractivity contribution in [2.24, 2.45) is 0 Å². The van der Waals surface area contributed by atoms with Crippen LogP contribution in [0.25, 0.3) is 0 Å². The molecule has 0 aliphatic heterocycles. The second kappa shape index (κ2) is 6.69. The number of hydrogen-bond donors (Lipinski definition) is 1. The molecule has 0 radical (unpaired) electrons. The fourth-order valence-corrected chi connectivity index (χ4v) is 1.76. The van der Waals surface area contributed by atoms with Crippen molar-refractivity contribution >= 4 is 5.95 Å². The van der Waals surface area contributed by atoms with Crippen LogP contribution in [0.15, 0.2) is 42.7 Å². The lowest BCUT2D eigenvalue weighted by atomic mass is 10.3. The van der Waals surface area contributed by atoms with Crippen LogP contribution in [-0.2, 0) is 6.54 Å². The number of aryl methyl sites for hydroxylation is 1. The normalized spacial score (nSPS) is 10.3. The Balaban J connectivity index is 1.73. The molecule has 0 atom stereocenters. The number of nitrogens with zero attached hydrogens (tertiary/aromatic N) is 2. The van der Waals surface area contributed by atoms with E-state index in [9.17, 15) is 0 Å². The third-order valence-corrected chi connectivity index (χ3v) is 2.61. The van der Waals surface area contributed by atoms with E-state index in [1.165, 1.54) is 0 Å². The molecule has 0 saturated heterocycles. The third kappa shape index (κ3) is 3.52. The molecule has 0 aliphatic carbocycles. The molecule has 2 rings (SSSR count). The molecule has 4 heteroatoms. The van der Waals surface area contributed by atoms with Gasteiger partial charge in [0, 0.05) is 25.5 Å². The highest BCUT2D eigenvalue weighted by molar-refractivity contribution is 5.25. The molecule has 0 spiro atoms. The number of benzene rings is 1. The molecule has 4 nitrogen and oxygen atoms in total. The highest BCUT2D eigenvalue weighted by Gasteiger charge is 2.00. The summed E-state index contributed by atoms with van der Waals surface area (Å²) in [6, 6.07) is 9.90. The molecule has 0 aliphatic rings. The molecule has 1 aromatic heterocycles. The van der Waals surface area contributed by atoms with Crippen LogP contribution in [0, 0.1) is 0 Å². The summed E-state index contributed by atoms with van der Waals surface area (Å²) in [6.07, 6.45) is 4.76. The summed E-state index contributed by atoms with van der Waals surface area (Å²) in [5.74, 6) is 1.85. The van der Waals surface area contributed by atoms with Gasteiger partial charge in [-0.3, -0.25) is 0 Å². The summed E-state index contributed by atoms with van der Waals surface area (Å²) in [6.45, 7) is 4.58. The minimum Gasteiger partial charge on any atom is -0.494 e. The fourth-order valence-electron chi connectivity index (χ4n) is 1.76. The van der Waals surface area contributed by atoms with Crippen molar-refractivity contribution in [2.45, 2.75) is 19.9 Å². The standard InChI is InChI=1S/C14H19N3O/c1-2-15-14-16-9-11-17(14)10-6-12-18-13-7-4-3-5-8-13/h3-5,7-9,11H,2,6,10,12H2,1H3,(H,15,16). The lowest BCUT2D eigenvalue weighted by Crippen LogP contribution is -2.09. The molecule has 0 fully saturated rings. The average molecular weight is 245 g/mol. The summed E-state index contributed by atoms with van der Waals surface area (Å²) >= 11 is 0. The van der Waals surface area contributed by atoms with Crippen LogP contribution in [0.5, 0.6) is 5.75 Å². The van der Waals surface area contributed by atoms with Crippen molar-refractivity contribution in [3.05, 3.63) is 42.7 Å². The number of ether oxygens (including phenoxy) is 1. The predicted octanol–water partition coefficient (Wildman–Crippen LogP) is 2.78. The van der Waals surface area contributed by atoms with E-state index in [0.29, 0.717) is 6.61 Å². The Morgan fingerprint density at radius 2 is 2.11 bits per heavy atom. The summed E-state index contributed by atoms with van der Waals surface area (Å²) in [5.41, 5.74) is 0. The maximum absolute atomic E-state index is 5.65. The second-order valence-electron chi connectivity index (χ2n) is 3.99. The van der Waals surface area contributed by atoms with E-state index < -0.39 is 0 Å². The maximum atomic E-state index is 5.65. The largest absolute Gasteiger partial charge is 0.494 e. The summed E-state index contributed by atoms with van der Waals surface area (Å²) in [7, 11) is 0. The first kappa shape index (κ1) is 12.5. The Hall–Kier alpha value is -1.97. The van der Waals surface area contributed by atoms with E-state index in [4.69, 9.17) is 4.74 Å².